The molecule has 9 heteroatoms. The molecule has 0 aliphatic heterocycles. The van der Waals surface area contributed by atoms with Crippen molar-refractivity contribution in [3.8, 4) is 0 Å². The first-order valence-corrected chi connectivity index (χ1v) is 14.7. The van der Waals surface area contributed by atoms with Crippen molar-refractivity contribution in [2.45, 2.75) is 84.7 Å². The number of Topliss-reactive ketones (excluding diaryl/α,β-unsaturated/α-hetero) is 2. The lowest BCUT2D eigenvalue weighted by atomic mass is 9.43. The molecule has 2 N–H and O–H groups in total. The van der Waals surface area contributed by atoms with Gasteiger partial charge >= 0.3 is 5.97 Å². The molecule has 0 bridgehead atoms. The normalized spacial score (nSPS) is 42.1. The predicted molar refractivity (Wildman–Crippen MR) is 128 cm³/mol. The number of ether oxygens (including phenoxy) is 1. The monoisotopic (exact) mass is 512 g/mol. The largest absolute Gasteiger partial charge is 0.464 e. The summed E-state index contributed by atoms with van der Waals surface area (Å²) in [4.78, 5) is 39.3. The van der Waals surface area contributed by atoms with Gasteiger partial charge in [0, 0.05) is 30.6 Å². The summed E-state index contributed by atoms with van der Waals surface area (Å²) in [7, 11) is -4.18. The first-order valence-electron chi connectivity index (χ1n) is 13.1. The number of hydrogen-bond donors (Lipinski definition) is 2. The van der Waals surface area contributed by atoms with E-state index in [-0.39, 0.29) is 71.6 Å². The zero-order valence-corrected chi connectivity index (χ0v) is 21.9. The summed E-state index contributed by atoms with van der Waals surface area (Å²) in [6, 6.07) is 0. The number of fused-ring (bicyclic) bond motifs is 5. The summed E-state index contributed by atoms with van der Waals surface area (Å²) in [6.45, 7) is 5.95. The molecule has 0 amide bonds. The van der Waals surface area contributed by atoms with Crippen molar-refractivity contribution in [1.29, 1.82) is 0 Å². The number of carbonyl (C=O) groups excluding carboxylic acids is 3. The second kappa shape index (κ2) is 9.53. The quantitative estimate of drug-likeness (QED) is 0.392. The second-order valence-electron chi connectivity index (χ2n) is 12.2. The van der Waals surface area contributed by atoms with Crippen LogP contribution in [0.2, 0.25) is 0 Å². The SMILES string of the molecule is C[C@H](CCC(=O)OCCS(=O)(=O)O)[C@H]1CC[C@H]2[C@@H]3C(=O)C[C@@H]4CC(O)CC[C@]4(C)[C@H]3CC(=O)[C@]12C. The Morgan fingerprint density at radius 2 is 1.86 bits per heavy atom. The molecule has 0 heterocycles. The van der Waals surface area contributed by atoms with E-state index in [4.69, 9.17) is 9.29 Å². The molecule has 198 valence electrons. The Labute approximate surface area is 208 Å². The highest BCUT2D eigenvalue weighted by molar-refractivity contribution is 7.85. The fourth-order valence-corrected chi connectivity index (χ4v) is 8.75. The van der Waals surface area contributed by atoms with Gasteiger partial charge in [0.25, 0.3) is 10.1 Å². The molecule has 4 saturated carbocycles. The van der Waals surface area contributed by atoms with E-state index in [1.165, 1.54) is 0 Å². The van der Waals surface area contributed by atoms with Crippen LogP contribution in [0.25, 0.3) is 0 Å². The van der Waals surface area contributed by atoms with Crippen molar-refractivity contribution in [2.75, 3.05) is 12.4 Å². The van der Waals surface area contributed by atoms with Gasteiger partial charge in [0.2, 0.25) is 0 Å². The molecule has 4 aliphatic carbocycles. The molecule has 1 unspecified atom stereocenters. The summed E-state index contributed by atoms with van der Waals surface area (Å²) < 4.78 is 35.3. The number of rotatable bonds is 7. The van der Waals surface area contributed by atoms with Gasteiger partial charge in [-0.1, -0.05) is 20.8 Å². The maximum absolute atomic E-state index is 13.8. The van der Waals surface area contributed by atoms with Crippen molar-refractivity contribution in [3.05, 3.63) is 0 Å². The number of aliphatic hydroxyl groups is 1. The van der Waals surface area contributed by atoms with Gasteiger partial charge in [-0.25, -0.2) is 0 Å². The molecule has 9 atom stereocenters. The molecule has 0 radical (unpaired) electrons. The Morgan fingerprint density at radius 1 is 1.14 bits per heavy atom. The second-order valence-corrected chi connectivity index (χ2v) is 13.7. The van der Waals surface area contributed by atoms with E-state index in [1.54, 1.807) is 0 Å². The van der Waals surface area contributed by atoms with Gasteiger partial charge in [0.15, 0.2) is 0 Å². The molecular weight excluding hydrogens is 472 g/mol. The Hall–Kier alpha value is -1.32. The Balaban J connectivity index is 1.44. The summed E-state index contributed by atoms with van der Waals surface area (Å²) in [6.07, 6.45) is 5.16. The number of carbonyl (C=O) groups is 3. The molecule has 8 nitrogen and oxygen atoms in total. The van der Waals surface area contributed by atoms with Crippen molar-refractivity contribution < 1.29 is 37.2 Å². The average molecular weight is 513 g/mol. The molecule has 0 aromatic heterocycles. The number of esters is 1. The van der Waals surface area contributed by atoms with Crippen LogP contribution in [0.5, 0.6) is 0 Å². The van der Waals surface area contributed by atoms with Crippen LogP contribution in [0, 0.1) is 46.3 Å². The highest BCUT2D eigenvalue weighted by Gasteiger charge is 2.66. The summed E-state index contributed by atoms with van der Waals surface area (Å²) in [5.41, 5.74) is -0.660. The molecule has 0 saturated heterocycles. The number of ketones is 2. The fraction of sp³-hybridized carbons (Fsp3) is 0.885. The third kappa shape index (κ3) is 4.85. The lowest BCUT2D eigenvalue weighted by Gasteiger charge is -2.59. The molecular formula is C26H40O8S. The van der Waals surface area contributed by atoms with E-state index in [0.717, 1.165) is 25.7 Å². The maximum Gasteiger partial charge on any atom is 0.305 e. The highest BCUT2D eigenvalue weighted by Crippen LogP contribution is 2.66. The lowest BCUT2D eigenvalue weighted by Crippen LogP contribution is -2.60. The van der Waals surface area contributed by atoms with Crippen LogP contribution < -0.4 is 0 Å². The van der Waals surface area contributed by atoms with Crippen molar-refractivity contribution >= 4 is 27.7 Å². The lowest BCUT2D eigenvalue weighted by molar-refractivity contribution is -0.168. The molecule has 4 fully saturated rings. The first-order chi connectivity index (χ1) is 16.3. The molecule has 0 aromatic carbocycles. The number of hydrogen-bond acceptors (Lipinski definition) is 7. The van der Waals surface area contributed by atoms with Gasteiger partial charge in [0.1, 0.15) is 23.9 Å². The highest BCUT2D eigenvalue weighted by atomic mass is 32.2. The Morgan fingerprint density at radius 3 is 2.54 bits per heavy atom. The minimum atomic E-state index is -4.18. The summed E-state index contributed by atoms with van der Waals surface area (Å²) in [5, 5.41) is 10.2. The molecule has 0 aromatic rings. The van der Waals surface area contributed by atoms with Crippen molar-refractivity contribution in [2.24, 2.45) is 46.3 Å². The van der Waals surface area contributed by atoms with Gasteiger partial charge in [-0.2, -0.15) is 8.42 Å². The molecule has 35 heavy (non-hydrogen) atoms. The minimum Gasteiger partial charge on any atom is -0.464 e. The van der Waals surface area contributed by atoms with Crippen LogP contribution in [0.1, 0.15) is 78.6 Å². The van der Waals surface area contributed by atoms with Crippen LogP contribution in [0.3, 0.4) is 0 Å². The molecule has 4 aliphatic rings. The van der Waals surface area contributed by atoms with Gasteiger partial charge in [-0.05, 0) is 73.5 Å². The summed E-state index contributed by atoms with van der Waals surface area (Å²) >= 11 is 0. The average Bonchev–Trinajstić information content (AvgIpc) is 3.12. The van der Waals surface area contributed by atoms with Gasteiger partial charge < -0.3 is 9.84 Å². The van der Waals surface area contributed by atoms with Crippen molar-refractivity contribution in [1.82, 2.24) is 0 Å². The zero-order valence-electron chi connectivity index (χ0n) is 21.1. The molecule has 0 spiro atoms. The van der Waals surface area contributed by atoms with E-state index in [2.05, 4.69) is 6.92 Å². The standard InChI is InChI=1S/C26H40O8S/c1-15(4-7-23(30)34-10-11-35(31,32)33)18-5-6-19-24-20(14-22(29)26(18,19)3)25(2)9-8-17(27)12-16(25)13-21(24)28/h15-20,24,27H,4-14H2,1-3H3,(H,31,32,33)/t15-,16+,17?,18-,19+,20+,24+,25+,26-/m1/s1. The van der Waals surface area contributed by atoms with E-state index in [1.807, 2.05) is 13.8 Å². The van der Waals surface area contributed by atoms with Crippen LogP contribution in [0.4, 0.5) is 0 Å². The Kier molecular flexibility index (Phi) is 7.28. The van der Waals surface area contributed by atoms with Gasteiger partial charge in [0.05, 0.1) is 6.10 Å². The van der Waals surface area contributed by atoms with Crippen molar-refractivity contribution in [3.63, 3.8) is 0 Å². The zero-order chi connectivity index (χ0) is 25.8. The van der Waals surface area contributed by atoms with Crippen LogP contribution in [-0.4, -0.2) is 54.1 Å². The molecule has 4 rings (SSSR count). The van der Waals surface area contributed by atoms with E-state index in [9.17, 15) is 27.9 Å². The minimum absolute atomic E-state index is 0.0278. The summed E-state index contributed by atoms with van der Waals surface area (Å²) in [5.74, 6) is -0.336. The topological polar surface area (TPSA) is 135 Å². The third-order valence-corrected chi connectivity index (χ3v) is 11.2. The van der Waals surface area contributed by atoms with Crippen LogP contribution in [0.15, 0.2) is 0 Å². The maximum atomic E-state index is 13.8. The van der Waals surface area contributed by atoms with Crippen LogP contribution >= 0.6 is 0 Å². The smallest absolute Gasteiger partial charge is 0.305 e. The van der Waals surface area contributed by atoms with E-state index < -0.39 is 27.3 Å². The van der Waals surface area contributed by atoms with Gasteiger partial charge in [-0.15, -0.1) is 0 Å². The number of aliphatic hydroxyl groups excluding tert-OH is 1. The first kappa shape index (κ1) is 26.7. The third-order valence-electron chi connectivity index (χ3n) is 10.5. The Bertz CT molecular complexity index is 976. The predicted octanol–water partition coefficient (Wildman–Crippen LogP) is 3.21. The fourth-order valence-electron chi connectivity index (χ4n) is 8.46. The van der Waals surface area contributed by atoms with E-state index in [0.29, 0.717) is 25.7 Å². The van der Waals surface area contributed by atoms with Crippen LogP contribution in [-0.2, 0) is 29.2 Å². The van der Waals surface area contributed by atoms with E-state index >= 15 is 0 Å². The van der Waals surface area contributed by atoms with Gasteiger partial charge in [-0.3, -0.25) is 18.9 Å².